The summed E-state index contributed by atoms with van der Waals surface area (Å²) in [5, 5.41) is 0. The molecule has 0 atom stereocenters. The molecule has 0 spiro atoms. The Kier molecular flexibility index (Phi) is 5.20. The standard InChI is InChI=1S/C13H18N8O4S/c1-7-6-8(2)16-11(15-7)20(4)26(23,24)21(10(14)22)12-17-9(3)18-13(19-12)25-5/h6H,1-5H3,(H2,14,22). The van der Waals surface area contributed by atoms with Gasteiger partial charge in [0.1, 0.15) is 5.82 Å². The van der Waals surface area contributed by atoms with Crippen LogP contribution in [0, 0.1) is 20.8 Å². The van der Waals surface area contributed by atoms with Crippen LogP contribution in [0.2, 0.25) is 0 Å². The van der Waals surface area contributed by atoms with E-state index in [4.69, 9.17) is 10.5 Å². The van der Waals surface area contributed by atoms with Crippen molar-refractivity contribution in [2.45, 2.75) is 20.8 Å². The molecule has 2 aromatic heterocycles. The fourth-order valence-corrected chi connectivity index (χ4v) is 3.06. The van der Waals surface area contributed by atoms with Crippen LogP contribution in [0.4, 0.5) is 16.7 Å². The number of carbonyl (C=O) groups excluding carboxylic acids is 1. The number of hydrogen-bond acceptors (Lipinski definition) is 9. The Labute approximate surface area is 150 Å². The Morgan fingerprint density at radius 3 is 2.12 bits per heavy atom. The number of anilines is 2. The summed E-state index contributed by atoms with van der Waals surface area (Å²) in [5.41, 5.74) is 6.38. The minimum Gasteiger partial charge on any atom is -0.467 e. The number of methoxy groups -OCH3 is 1. The topological polar surface area (TPSA) is 157 Å². The van der Waals surface area contributed by atoms with E-state index in [1.807, 2.05) is 0 Å². The maximum Gasteiger partial charge on any atom is 0.339 e. The minimum atomic E-state index is -4.52. The van der Waals surface area contributed by atoms with Crippen molar-refractivity contribution in [3.8, 4) is 6.01 Å². The van der Waals surface area contributed by atoms with Crippen molar-refractivity contribution in [2.24, 2.45) is 5.73 Å². The molecule has 0 fully saturated rings. The number of aryl methyl sites for hydroxylation is 3. The number of rotatable bonds is 5. The molecule has 0 radical (unpaired) electrons. The van der Waals surface area contributed by atoms with Gasteiger partial charge in [0.25, 0.3) is 5.95 Å². The van der Waals surface area contributed by atoms with Crippen molar-refractivity contribution < 1.29 is 17.9 Å². The van der Waals surface area contributed by atoms with E-state index < -0.39 is 22.2 Å². The summed E-state index contributed by atoms with van der Waals surface area (Å²) in [6, 6.07) is 0.198. The van der Waals surface area contributed by atoms with Gasteiger partial charge in [-0.1, -0.05) is 0 Å². The lowest BCUT2D eigenvalue weighted by molar-refractivity contribution is 0.256. The molecule has 2 aromatic rings. The van der Waals surface area contributed by atoms with Crippen molar-refractivity contribution in [3.63, 3.8) is 0 Å². The first-order valence-electron chi connectivity index (χ1n) is 7.24. The predicted molar refractivity (Wildman–Crippen MR) is 92.0 cm³/mol. The predicted octanol–water partition coefficient (Wildman–Crippen LogP) is -0.138. The first-order valence-corrected chi connectivity index (χ1v) is 8.63. The second kappa shape index (κ2) is 7.03. The van der Waals surface area contributed by atoms with Crippen LogP contribution >= 0.6 is 0 Å². The molecule has 0 aliphatic rings. The summed E-state index contributed by atoms with van der Waals surface area (Å²) in [6.07, 6.45) is 0. The number of urea groups is 1. The summed E-state index contributed by atoms with van der Waals surface area (Å²) in [6.45, 7) is 4.85. The minimum absolute atomic E-state index is 0.133. The Bertz CT molecular complexity index is 929. The highest BCUT2D eigenvalue weighted by molar-refractivity contribution is 7.94. The average Bonchev–Trinajstić information content (AvgIpc) is 2.51. The van der Waals surface area contributed by atoms with Crippen LogP contribution in [0.15, 0.2) is 6.07 Å². The monoisotopic (exact) mass is 382 g/mol. The van der Waals surface area contributed by atoms with E-state index in [0.717, 1.165) is 0 Å². The second-order valence-electron chi connectivity index (χ2n) is 5.20. The molecule has 2 heterocycles. The molecule has 140 valence electrons. The smallest absolute Gasteiger partial charge is 0.339 e. The molecule has 13 heteroatoms. The van der Waals surface area contributed by atoms with Gasteiger partial charge in [0.05, 0.1) is 7.11 Å². The van der Waals surface area contributed by atoms with E-state index in [1.54, 1.807) is 19.9 Å². The van der Waals surface area contributed by atoms with Crippen molar-refractivity contribution in [3.05, 3.63) is 23.3 Å². The largest absolute Gasteiger partial charge is 0.467 e. The van der Waals surface area contributed by atoms with Crippen LogP contribution in [-0.2, 0) is 10.2 Å². The van der Waals surface area contributed by atoms with Gasteiger partial charge in [-0.25, -0.2) is 19.1 Å². The Morgan fingerprint density at radius 2 is 1.62 bits per heavy atom. The zero-order valence-corrected chi connectivity index (χ0v) is 15.6. The number of nitrogens with two attached hydrogens (primary N) is 1. The summed E-state index contributed by atoms with van der Waals surface area (Å²) >= 11 is 0. The fourth-order valence-electron chi connectivity index (χ4n) is 2.02. The Balaban J connectivity index is 2.58. The highest BCUT2D eigenvalue weighted by Gasteiger charge is 2.36. The maximum absolute atomic E-state index is 12.9. The summed E-state index contributed by atoms with van der Waals surface area (Å²) in [4.78, 5) is 31.5. The van der Waals surface area contributed by atoms with Gasteiger partial charge in [0.2, 0.25) is 5.95 Å². The van der Waals surface area contributed by atoms with Gasteiger partial charge in [-0.3, -0.25) is 0 Å². The van der Waals surface area contributed by atoms with Crippen LogP contribution in [0.1, 0.15) is 17.2 Å². The molecular formula is C13H18N8O4S. The molecule has 2 amide bonds. The van der Waals surface area contributed by atoms with E-state index in [0.29, 0.717) is 15.7 Å². The van der Waals surface area contributed by atoms with Crippen molar-refractivity contribution in [1.82, 2.24) is 24.9 Å². The molecule has 0 bridgehead atoms. The van der Waals surface area contributed by atoms with Gasteiger partial charge in [-0.15, -0.1) is 4.31 Å². The molecular weight excluding hydrogens is 364 g/mol. The number of primary amides is 1. The fraction of sp³-hybridized carbons (Fsp3) is 0.385. The van der Waals surface area contributed by atoms with Gasteiger partial charge in [-0.2, -0.15) is 23.4 Å². The third kappa shape index (κ3) is 3.77. The third-order valence-electron chi connectivity index (χ3n) is 3.11. The maximum atomic E-state index is 12.9. The highest BCUT2D eigenvalue weighted by Crippen LogP contribution is 2.21. The third-order valence-corrected chi connectivity index (χ3v) is 4.77. The van der Waals surface area contributed by atoms with Crippen LogP contribution in [0.25, 0.3) is 0 Å². The molecule has 0 aliphatic heterocycles. The van der Waals surface area contributed by atoms with Gasteiger partial charge in [0.15, 0.2) is 0 Å². The van der Waals surface area contributed by atoms with Crippen LogP contribution in [-0.4, -0.2) is 53.5 Å². The zero-order chi connectivity index (χ0) is 19.6. The summed E-state index contributed by atoms with van der Waals surface area (Å²) < 4.78 is 31.7. The number of nitrogens with zero attached hydrogens (tertiary/aromatic N) is 7. The Morgan fingerprint density at radius 1 is 1.04 bits per heavy atom. The van der Waals surface area contributed by atoms with Gasteiger partial charge < -0.3 is 10.5 Å². The lowest BCUT2D eigenvalue weighted by Crippen LogP contribution is -2.49. The number of amides is 2. The molecule has 0 aliphatic carbocycles. The van der Waals surface area contributed by atoms with E-state index in [1.165, 1.54) is 21.1 Å². The lowest BCUT2D eigenvalue weighted by Gasteiger charge is -2.25. The van der Waals surface area contributed by atoms with E-state index >= 15 is 0 Å². The number of ether oxygens (including phenoxy) is 1. The zero-order valence-electron chi connectivity index (χ0n) is 14.8. The molecule has 0 aromatic carbocycles. The molecule has 0 saturated carbocycles. The first kappa shape index (κ1) is 19.2. The second-order valence-corrected chi connectivity index (χ2v) is 7.01. The van der Waals surface area contributed by atoms with E-state index in [9.17, 15) is 13.2 Å². The quantitative estimate of drug-likeness (QED) is 0.743. The average molecular weight is 382 g/mol. The number of carbonyl (C=O) groups is 1. The van der Waals surface area contributed by atoms with Gasteiger partial charge in [-0.05, 0) is 26.8 Å². The van der Waals surface area contributed by atoms with E-state index in [2.05, 4.69) is 24.9 Å². The first-order chi connectivity index (χ1) is 12.1. The number of hydrogen-bond donors (Lipinski definition) is 1. The van der Waals surface area contributed by atoms with Crippen LogP contribution in [0.3, 0.4) is 0 Å². The molecule has 0 unspecified atom stereocenters. The molecule has 26 heavy (non-hydrogen) atoms. The van der Waals surface area contributed by atoms with Crippen LogP contribution in [0.5, 0.6) is 6.01 Å². The van der Waals surface area contributed by atoms with Crippen molar-refractivity contribution in [2.75, 3.05) is 22.8 Å². The summed E-state index contributed by atoms with van der Waals surface area (Å²) in [5.74, 6) is -0.497. The lowest BCUT2D eigenvalue weighted by atomic mass is 10.4. The Hall–Kier alpha value is -3.09. The summed E-state index contributed by atoms with van der Waals surface area (Å²) in [7, 11) is -2.05. The van der Waals surface area contributed by atoms with Crippen LogP contribution < -0.4 is 19.1 Å². The highest BCUT2D eigenvalue weighted by atomic mass is 32.2. The van der Waals surface area contributed by atoms with Gasteiger partial charge >= 0.3 is 22.3 Å². The SMILES string of the molecule is COc1nc(C)nc(N(C(N)=O)S(=O)(=O)N(C)c2nc(C)cc(C)n2)n1. The molecule has 2 N–H and O–H groups in total. The number of aromatic nitrogens is 5. The van der Waals surface area contributed by atoms with Crippen molar-refractivity contribution in [1.29, 1.82) is 0 Å². The van der Waals surface area contributed by atoms with Gasteiger partial charge in [0, 0.05) is 18.4 Å². The van der Waals surface area contributed by atoms with E-state index in [-0.39, 0.29) is 22.1 Å². The molecule has 0 saturated heterocycles. The van der Waals surface area contributed by atoms with Crippen molar-refractivity contribution >= 4 is 28.1 Å². The normalized spacial score (nSPS) is 11.1. The molecule has 2 rings (SSSR count). The molecule has 12 nitrogen and oxygen atoms in total.